The van der Waals surface area contributed by atoms with Crippen LogP contribution in [0.5, 0.6) is 0 Å². The molecule has 0 spiro atoms. The number of aromatic nitrogens is 3. The van der Waals surface area contributed by atoms with Crippen LogP contribution in [0.25, 0.3) is 11.0 Å². The van der Waals surface area contributed by atoms with Crippen LogP contribution >= 0.6 is 0 Å². The monoisotopic (exact) mass is 363 g/mol. The molecular formula is C21H25N5O. The largest absolute Gasteiger partial charge is 0.349 e. The molecular weight excluding hydrogens is 338 g/mol. The lowest BCUT2D eigenvalue weighted by Gasteiger charge is -2.32. The van der Waals surface area contributed by atoms with E-state index in [4.69, 9.17) is 0 Å². The van der Waals surface area contributed by atoms with E-state index < -0.39 is 0 Å². The molecule has 0 unspecified atom stereocenters. The summed E-state index contributed by atoms with van der Waals surface area (Å²) in [6.45, 7) is 5.16. The molecule has 6 heteroatoms. The predicted octanol–water partition coefficient (Wildman–Crippen LogP) is 2.67. The van der Waals surface area contributed by atoms with E-state index in [9.17, 15) is 4.79 Å². The third-order valence-corrected chi connectivity index (χ3v) is 5.45. The quantitative estimate of drug-likeness (QED) is 0.774. The molecule has 140 valence electrons. The molecule has 27 heavy (non-hydrogen) atoms. The summed E-state index contributed by atoms with van der Waals surface area (Å²) >= 11 is 0. The summed E-state index contributed by atoms with van der Waals surface area (Å²) in [7, 11) is 1.83. The number of rotatable bonds is 4. The number of nitrogens with one attached hydrogen (secondary N) is 1. The summed E-state index contributed by atoms with van der Waals surface area (Å²) in [5, 5.41) is 11.2. The number of benzene rings is 2. The van der Waals surface area contributed by atoms with Gasteiger partial charge in [-0.05, 0) is 49.1 Å². The maximum absolute atomic E-state index is 12.6. The molecule has 2 heterocycles. The molecule has 0 bridgehead atoms. The van der Waals surface area contributed by atoms with Gasteiger partial charge in [-0.2, -0.15) is 0 Å². The third-order valence-electron chi connectivity index (χ3n) is 5.45. The first-order chi connectivity index (χ1) is 13.1. The molecule has 3 aromatic rings. The molecule has 1 aliphatic heterocycles. The van der Waals surface area contributed by atoms with E-state index in [1.807, 2.05) is 25.2 Å². The highest BCUT2D eigenvalue weighted by atomic mass is 16.1. The van der Waals surface area contributed by atoms with Gasteiger partial charge in [-0.15, -0.1) is 5.10 Å². The van der Waals surface area contributed by atoms with E-state index in [1.165, 1.54) is 11.1 Å². The summed E-state index contributed by atoms with van der Waals surface area (Å²) < 4.78 is 1.69. The van der Waals surface area contributed by atoms with Crippen molar-refractivity contribution in [3.05, 3.63) is 59.2 Å². The molecule has 1 amide bonds. The Balaban J connectivity index is 1.33. The van der Waals surface area contributed by atoms with Gasteiger partial charge < -0.3 is 5.32 Å². The topological polar surface area (TPSA) is 63.1 Å². The minimum absolute atomic E-state index is 0.0181. The third kappa shape index (κ3) is 3.85. The van der Waals surface area contributed by atoms with Gasteiger partial charge in [0.25, 0.3) is 5.91 Å². The predicted molar refractivity (Wildman–Crippen MR) is 105 cm³/mol. The summed E-state index contributed by atoms with van der Waals surface area (Å²) in [4.78, 5) is 15.1. The number of carbonyl (C=O) groups excluding carboxylic acids is 1. The van der Waals surface area contributed by atoms with E-state index in [0.29, 0.717) is 5.56 Å². The van der Waals surface area contributed by atoms with E-state index in [0.717, 1.165) is 43.5 Å². The lowest BCUT2D eigenvalue weighted by Crippen LogP contribution is -2.44. The Morgan fingerprint density at radius 3 is 2.74 bits per heavy atom. The van der Waals surface area contributed by atoms with Crippen molar-refractivity contribution < 1.29 is 4.79 Å². The summed E-state index contributed by atoms with van der Waals surface area (Å²) in [6.07, 6.45) is 1.96. The fraction of sp³-hybridized carbons (Fsp3) is 0.381. The number of nitrogens with zero attached hydrogens (tertiary/aromatic N) is 4. The Bertz CT molecular complexity index is 956. The van der Waals surface area contributed by atoms with Gasteiger partial charge in [0.2, 0.25) is 0 Å². The zero-order valence-corrected chi connectivity index (χ0v) is 15.9. The van der Waals surface area contributed by atoms with Crippen molar-refractivity contribution in [3.63, 3.8) is 0 Å². The number of piperidine rings is 1. The van der Waals surface area contributed by atoms with E-state index in [-0.39, 0.29) is 11.9 Å². The molecule has 1 aromatic heterocycles. The minimum atomic E-state index is -0.0181. The van der Waals surface area contributed by atoms with Gasteiger partial charge in [0, 0.05) is 38.3 Å². The van der Waals surface area contributed by atoms with Crippen molar-refractivity contribution >= 4 is 16.9 Å². The molecule has 0 radical (unpaired) electrons. The van der Waals surface area contributed by atoms with Crippen LogP contribution in [-0.2, 0) is 13.6 Å². The zero-order chi connectivity index (χ0) is 18.8. The van der Waals surface area contributed by atoms with E-state index in [2.05, 4.69) is 51.7 Å². The van der Waals surface area contributed by atoms with Crippen molar-refractivity contribution in [2.45, 2.75) is 32.4 Å². The number of hydrogen-bond acceptors (Lipinski definition) is 4. The molecule has 1 aliphatic rings. The lowest BCUT2D eigenvalue weighted by molar-refractivity contribution is 0.0909. The number of hydrogen-bond donors (Lipinski definition) is 1. The van der Waals surface area contributed by atoms with Crippen molar-refractivity contribution in [2.75, 3.05) is 13.1 Å². The fourth-order valence-electron chi connectivity index (χ4n) is 3.70. The van der Waals surface area contributed by atoms with Gasteiger partial charge in [-0.1, -0.05) is 29.5 Å². The van der Waals surface area contributed by atoms with Crippen molar-refractivity contribution in [3.8, 4) is 0 Å². The second-order valence-electron chi connectivity index (χ2n) is 7.37. The van der Waals surface area contributed by atoms with Crippen molar-refractivity contribution in [1.82, 2.24) is 25.2 Å². The van der Waals surface area contributed by atoms with Crippen LogP contribution in [0, 0.1) is 6.92 Å². The SMILES string of the molecule is Cc1ccccc1CN1CCC(NC(=O)c2ccc3nnn(C)c3c2)CC1. The van der Waals surface area contributed by atoms with Crippen LogP contribution < -0.4 is 5.32 Å². The van der Waals surface area contributed by atoms with Gasteiger partial charge >= 0.3 is 0 Å². The average Bonchev–Trinajstić information content (AvgIpc) is 3.05. The van der Waals surface area contributed by atoms with Crippen molar-refractivity contribution in [1.29, 1.82) is 0 Å². The second-order valence-corrected chi connectivity index (χ2v) is 7.37. The van der Waals surface area contributed by atoms with Crippen LogP contribution in [0.4, 0.5) is 0 Å². The zero-order valence-electron chi connectivity index (χ0n) is 15.9. The van der Waals surface area contributed by atoms with E-state index in [1.54, 1.807) is 4.68 Å². The number of amides is 1. The summed E-state index contributed by atoms with van der Waals surface area (Å²) in [5.41, 5.74) is 5.07. The first-order valence-corrected chi connectivity index (χ1v) is 9.47. The Morgan fingerprint density at radius 2 is 1.96 bits per heavy atom. The van der Waals surface area contributed by atoms with Gasteiger partial charge in [-0.25, -0.2) is 4.68 Å². The molecule has 6 nitrogen and oxygen atoms in total. The maximum atomic E-state index is 12.6. The van der Waals surface area contributed by atoms with Crippen LogP contribution in [0.3, 0.4) is 0 Å². The Kier molecular flexibility index (Phi) is 4.90. The number of likely N-dealkylation sites (tertiary alicyclic amines) is 1. The molecule has 0 saturated carbocycles. The average molecular weight is 363 g/mol. The second kappa shape index (κ2) is 7.48. The van der Waals surface area contributed by atoms with Crippen molar-refractivity contribution in [2.24, 2.45) is 7.05 Å². The normalized spacial score (nSPS) is 15.9. The molecule has 1 fully saturated rings. The first kappa shape index (κ1) is 17.7. The maximum Gasteiger partial charge on any atom is 0.251 e. The summed E-state index contributed by atoms with van der Waals surface area (Å²) in [6, 6.07) is 14.3. The highest BCUT2D eigenvalue weighted by Gasteiger charge is 2.21. The highest BCUT2D eigenvalue weighted by molar-refractivity contribution is 5.97. The minimum Gasteiger partial charge on any atom is -0.349 e. The first-order valence-electron chi connectivity index (χ1n) is 9.47. The van der Waals surface area contributed by atoms with Gasteiger partial charge in [0.1, 0.15) is 5.52 Å². The number of fused-ring (bicyclic) bond motifs is 1. The molecule has 1 N–H and O–H groups in total. The summed E-state index contributed by atoms with van der Waals surface area (Å²) in [5.74, 6) is -0.0181. The Morgan fingerprint density at radius 1 is 1.19 bits per heavy atom. The van der Waals surface area contributed by atoms with E-state index >= 15 is 0 Å². The Labute approximate surface area is 159 Å². The fourth-order valence-corrected chi connectivity index (χ4v) is 3.70. The van der Waals surface area contributed by atoms with Crippen LogP contribution in [0.15, 0.2) is 42.5 Å². The Hall–Kier alpha value is -2.73. The number of aryl methyl sites for hydroxylation is 2. The molecule has 4 rings (SSSR count). The standard InChI is InChI=1S/C21H25N5O/c1-15-5-3-4-6-17(15)14-26-11-9-18(10-12-26)22-21(27)16-7-8-19-20(13-16)25(2)24-23-19/h3-8,13,18H,9-12,14H2,1-2H3,(H,22,27). The molecule has 2 aromatic carbocycles. The van der Waals surface area contributed by atoms with Crippen LogP contribution in [0.1, 0.15) is 34.3 Å². The van der Waals surface area contributed by atoms with Gasteiger partial charge in [0.05, 0.1) is 5.52 Å². The van der Waals surface area contributed by atoms with Gasteiger partial charge in [0.15, 0.2) is 0 Å². The molecule has 0 aliphatic carbocycles. The molecule has 1 saturated heterocycles. The van der Waals surface area contributed by atoms with Crippen LogP contribution in [0.2, 0.25) is 0 Å². The van der Waals surface area contributed by atoms with Crippen LogP contribution in [-0.4, -0.2) is 44.9 Å². The highest BCUT2D eigenvalue weighted by Crippen LogP contribution is 2.17. The molecule has 0 atom stereocenters. The van der Waals surface area contributed by atoms with Gasteiger partial charge in [-0.3, -0.25) is 9.69 Å². The number of carbonyl (C=O) groups is 1. The lowest BCUT2D eigenvalue weighted by atomic mass is 10.0. The smallest absolute Gasteiger partial charge is 0.251 e.